The van der Waals surface area contributed by atoms with Crippen LogP contribution in [-0.2, 0) is 4.79 Å². The summed E-state index contributed by atoms with van der Waals surface area (Å²) in [7, 11) is 0. The average molecular weight is 346 g/mol. The molecule has 3 N–H and O–H groups in total. The Morgan fingerprint density at radius 1 is 1.20 bits per heavy atom. The summed E-state index contributed by atoms with van der Waals surface area (Å²) in [4.78, 5) is 12.3. The van der Waals surface area contributed by atoms with E-state index in [1.807, 2.05) is 0 Å². The predicted molar refractivity (Wildman–Crippen MR) is 94.7 cm³/mol. The second-order valence-corrected chi connectivity index (χ2v) is 9.23. The molecule has 0 spiro atoms. The smallest absolute Gasteiger partial charge is 0.161 e. The van der Waals surface area contributed by atoms with Crippen LogP contribution in [-0.4, -0.2) is 39.9 Å². The number of hydrogen-bond donors (Lipinski definition) is 3. The lowest BCUT2D eigenvalue weighted by atomic mass is 9.49. The number of rotatable bonds is 2. The molecule has 0 aromatic heterocycles. The van der Waals surface area contributed by atoms with E-state index < -0.39 is 12.7 Å². The van der Waals surface area contributed by atoms with Crippen LogP contribution in [0.1, 0.15) is 52.4 Å². The minimum Gasteiger partial charge on any atom is -0.393 e. The van der Waals surface area contributed by atoms with Crippen LogP contribution in [0.2, 0.25) is 0 Å². The number of aliphatic hydroxyl groups excluding tert-OH is 3. The zero-order valence-electron chi connectivity index (χ0n) is 15.2. The van der Waals surface area contributed by atoms with Crippen molar-refractivity contribution in [1.29, 1.82) is 0 Å². The summed E-state index contributed by atoms with van der Waals surface area (Å²) in [5, 5.41) is 30.6. The number of aliphatic hydroxyl groups is 3. The van der Waals surface area contributed by atoms with E-state index in [0.717, 1.165) is 25.7 Å². The van der Waals surface area contributed by atoms with Crippen LogP contribution in [0.15, 0.2) is 23.3 Å². The fourth-order valence-corrected chi connectivity index (χ4v) is 6.75. The Morgan fingerprint density at radius 2 is 1.96 bits per heavy atom. The summed E-state index contributed by atoms with van der Waals surface area (Å²) in [6, 6.07) is 0. The second-order valence-electron chi connectivity index (χ2n) is 9.23. The standard InChI is InChI=1S/C21H30O4/c1-20-8-7-13(23)9-12(20)3-4-14-15-5-6-16(18(25)11-22)21(15,2)10-17(24)19(14)20/h3-4,13,15-17,19,22-24H,5-11H2,1-2H3/t13-,15-,16+,17+,19+,20-,21-/m0/s1. The monoisotopic (exact) mass is 346 g/mol. The third-order valence-electron chi connectivity index (χ3n) is 8.03. The van der Waals surface area contributed by atoms with E-state index in [9.17, 15) is 20.1 Å². The molecule has 0 saturated heterocycles. The van der Waals surface area contributed by atoms with Crippen LogP contribution in [0.5, 0.6) is 0 Å². The van der Waals surface area contributed by atoms with Gasteiger partial charge in [0.05, 0.1) is 12.2 Å². The van der Waals surface area contributed by atoms with E-state index in [2.05, 4.69) is 26.0 Å². The molecule has 3 saturated carbocycles. The minimum atomic E-state index is -0.469. The van der Waals surface area contributed by atoms with Crippen LogP contribution in [0.25, 0.3) is 0 Å². The van der Waals surface area contributed by atoms with Crippen LogP contribution in [0.3, 0.4) is 0 Å². The molecule has 0 radical (unpaired) electrons. The number of hydrogen-bond acceptors (Lipinski definition) is 4. The molecular formula is C21H30O4. The SMILES string of the molecule is C[C@]12C[C@@H](O)[C@H]3C(=CC=C4C[C@@H](O)CC[C@@]43C)[C@@H]1CC[C@@H]2C(=O)CO. The largest absolute Gasteiger partial charge is 0.393 e. The molecule has 0 aliphatic heterocycles. The van der Waals surface area contributed by atoms with Crippen molar-refractivity contribution in [2.75, 3.05) is 6.61 Å². The summed E-state index contributed by atoms with van der Waals surface area (Å²) in [5.74, 6) is 0.185. The van der Waals surface area contributed by atoms with E-state index in [0.29, 0.717) is 18.8 Å². The Morgan fingerprint density at radius 3 is 2.68 bits per heavy atom. The first-order chi connectivity index (χ1) is 11.8. The van der Waals surface area contributed by atoms with Crippen molar-refractivity contribution in [3.63, 3.8) is 0 Å². The van der Waals surface area contributed by atoms with Gasteiger partial charge in [0.15, 0.2) is 5.78 Å². The summed E-state index contributed by atoms with van der Waals surface area (Å²) >= 11 is 0. The van der Waals surface area contributed by atoms with Gasteiger partial charge in [0, 0.05) is 11.8 Å². The Kier molecular flexibility index (Phi) is 4.02. The fourth-order valence-electron chi connectivity index (χ4n) is 6.75. The van der Waals surface area contributed by atoms with Gasteiger partial charge in [0.2, 0.25) is 0 Å². The second kappa shape index (κ2) is 5.77. The molecule has 4 nitrogen and oxygen atoms in total. The maximum absolute atomic E-state index is 12.3. The minimum absolute atomic E-state index is 0.0738. The van der Waals surface area contributed by atoms with E-state index in [4.69, 9.17) is 0 Å². The maximum atomic E-state index is 12.3. The van der Waals surface area contributed by atoms with Gasteiger partial charge in [-0.15, -0.1) is 0 Å². The summed E-state index contributed by atoms with van der Waals surface area (Å²) in [6.07, 6.45) is 8.41. The predicted octanol–water partition coefficient (Wildman–Crippen LogP) is 2.38. The van der Waals surface area contributed by atoms with Gasteiger partial charge in [0.25, 0.3) is 0 Å². The van der Waals surface area contributed by atoms with Crippen LogP contribution >= 0.6 is 0 Å². The zero-order valence-corrected chi connectivity index (χ0v) is 15.2. The average Bonchev–Trinajstić information content (AvgIpc) is 2.91. The summed E-state index contributed by atoms with van der Waals surface area (Å²) in [6.45, 7) is 3.99. The van der Waals surface area contributed by atoms with E-state index in [1.165, 1.54) is 11.1 Å². The molecule has 3 fully saturated rings. The van der Waals surface area contributed by atoms with Crippen molar-refractivity contribution >= 4 is 5.78 Å². The maximum Gasteiger partial charge on any atom is 0.161 e. The molecule has 0 unspecified atom stereocenters. The van der Waals surface area contributed by atoms with Crippen molar-refractivity contribution in [3.8, 4) is 0 Å². The topological polar surface area (TPSA) is 77.8 Å². The van der Waals surface area contributed by atoms with Crippen molar-refractivity contribution < 1.29 is 20.1 Å². The molecule has 0 amide bonds. The Labute approximate surface area is 149 Å². The Bertz CT molecular complexity index is 650. The normalized spacial score (nSPS) is 48.8. The molecule has 0 aromatic rings. The van der Waals surface area contributed by atoms with Crippen LogP contribution < -0.4 is 0 Å². The number of allylic oxidation sites excluding steroid dienone is 2. The Balaban J connectivity index is 1.74. The molecular weight excluding hydrogens is 316 g/mol. The van der Waals surface area contributed by atoms with Gasteiger partial charge in [-0.05, 0) is 55.3 Å². The lowest BCUT2D eigenvalue weighted by molar-refractivity contribution is -0.131. The van der Waals surface area contributed by atoms with Crippen molar-refractivity contribution in [3.05, 3.63) is 23.3 Å². The van der Waals surface area contributed by atoms with Crippen molar-refractivity contribution in [2.24, 2.45) is 28.6 Å². The first kappa shape index (κ1) is 17.4. The van der Waals surface area contributed by atoms with Gasteiger partial charge < -0.3 is 15.3 Å². The molecule has 0 aromatic carbocycles. The zero-order chi connectivity index (χ0) is 18.0. The van der Waals surface area contributed by atoms with Gasteiger partial charge in [0.1, 0.15) is 6.61 Å². The van der Waals surface area contributed by atoms with Gasteiger partial charge in [-0.3, -0.25) is 4.79 Å². The lowest BCUT2D eigenvalue weighted by Gasteiger charge is -2.56. The Hall–Kier alpha value is -0.970. The lowest BCUT2D eigenvalue weighted by Crippen LogP contribution is -2.53. The molecule has 4 heteroatoms. The molecule has 4 aliphatic carbocycles. The first-order valence-electron chi connectivity index (χ1n) is 9.72. The highest BCUT2D eigenvalue weighted by atomic mass is 16.3. The van der Waals surface area contributed by atoms with Crippen LogP contribution in [0, 0.1) is 28.6 Å². The van der Waals surface area contributed by atoms with E-state index in [1.54, 1.807) is 0 Å². The molecule has 7 atom stereocenters. The molecule has 0 heterocycles. The molecule has 4 aliphatic rings. The van der Waals surface area contributed by atoms with Gasteiger partial charge in [-0.25, -0.2) is 0 Å². The number of Topliss-reactive ketones (excluding diaryl/α,β-unsaturated/α-hetero) is 1. The highest BCUT2D eigenvalue weighted by molar-refractivity contribution is 5.83. The number of ketones is 1. The van der Waals surface area contributed by atoms with E-state index >= 15 is 0 Å². The number of carbonyl (C=O) groups is 1. The summed E-state index contributed by atoms with van der Waals surface area (Å²) < 4.78 is 0. The summed E-state index contributed by atoms with van der Waals surface area (Å²) in [5.41, 5.74) is 2.24. The van der Waals surface area contributed by atoms with Crippen LogP contribution in [0.4, 0.5) is 0 Å². The third-order valence-corrected chi connectivity index (χ3v) is 8.03. The first-order valence-corrected chi connectivity index (χ1v) is 9.72. The highest BCUT2D eigenvalue weighted by Crippen LogP contribution is 2.64. The number of fused-ring (bicyclic) bond motifs is 5. The van der Waals surface area contributed by atoms with E-state index in [-0.39, 0.29) is 34.6 Å². The third kappa shape index (κ3) is 2.34. The van der Waals surface area contributed by atoms with Crippen molar-refractivity contribution in [1.82, 2.24) is 0 Å². The molecule has 4 rings (SSSR count). The van der Waals surface area contributed by atoms with Crippen molar-refractivity contribution in [2.45, 2.75) is 64.6 Å². The number of carbonyl (C=O) groups excluding carboxylic acids is 1. The van der Waals surface area contributed by atoms with Gasteiger partial charge in [-0.2, -0.15) is 0 Å². The molecule has 25 heavy (non-hydrogen) atoms. The highest BCUT2D eigenvalue weighted by Gasteiger charge is 2.60. The van der Waals surface area contributed by atoms with Gasteiger partial charge in [-0.1, -0.05) is 37.1 Å². The molecule has 0 bridgehead atoms. The quantitative estimate of drug-likeness (QED) is 0.717. The fraction of sp³-hybridized carbons (Fsp3) is 0.762. The van der Waals surface area contributed by atoms with Gasteiger partial charge >= 0.3 is 0 Å². The molecule has 138 valence electrons.